The van der Waals surface area contributed by atoms with Crippen molar-refractivity contribution in [2.45, 2.75) is 187 Å². The summed E-state index contributed by atoms with van der Waals surface area (Å²) in [6.45, 7) is 6.74. The minimum atomic E-state index is -1.14. The van der Waals surface area contributed by atoms with E-state index in [1.807, 2.05) is 6.07 Å². The van der Waals surface area contributed by atoms with Crippen LogP contribution in [0.4, 0.5) is 0 Å². The molecule has 0 aliphatic heterocycles. The van der Waals surface area contributed by atoms with E-state index in [4.69, 9.17) is 0 Å². The zero-order valence-electron chi connectivity index (χ0n) is 27.1. The molecule has 0 atom stereocenters. The van der Waals surface area contributed by atoms with Crippen LogP contribution in [0.2, 0.25) is 0 Å². The number of carboxylic acid groups (broad SMARTS) is 2. The third-order valence-electron chi connectivity index (χ3n) is 9.11. The normalized spacial score (nSPS) is 11.7. The van der Waals surface area contributed by atoms with Gasteiger partial charge in [-0.05, 0) is 36.3 Å². The van der Waals surface area contributed by atoms with E-state index in [1.165, 1.54) is 128 Å². The van der Waals surface area contributed by atoms with E-state index >= 15 is 0 Å². The van der Waals surface area contributed by atoms with Gasteiger partial charge in [-0.25, -0.2) is 9.59 Å². The molecule has 0 aliphatic carbocycles. The minimum Gasteiger partial charge on any atom is -0.478 e. The Morgan fingerprint density at radius 1 is 0.512 bits per heavy atom. The summed E-state index contributed by atoms with van der Waals surface area (Å²) >= 11 is 0. The molecule has 1 rings (SSSR count). The molecule has 41 heavy (non-hydrogen) atoms. The first kappa shape index (κ1) is 37.2. The Morgan fingerprint density at radius 2 is 0.854 bits per heavy atom. The maximum atomic E-state index is 12.6. The van der Waals surface area contributed by atoms with Crippen molar-refractivity contribution in [1.82, 2.24) is 0 Å². The van der Waals surface area contributed by atoms with Gasteiger partial charge in [-0.3, -0.25) is 0 Å². The molecule has 0 heterocycles. The summed E-state index contributed by atoms with van der Waals surface area (Å²) in [5, 5.41) is 20.2. The number of benzene rings is 1. The first-order chi connectivity index (χ1) is 19.9. The lowest BCUT2D eigenvalue weighted by molar-refractivity contribution is 0.0648. The quantitative estimate of drug-likeness (QED) is 0.0979. The average molecular weight is 573 g/mol. The molecule has 4 nitrogen and oxygen atoms in total. The molecule has 0 spiro atoms. The molecule has 0 fully saturated rings. The van der Waals surface area contributed by atoms with Crippen LogP contribution in [-0.2, 0) is 5.41 Å². The van der Waals surface area contributed by atoms with Crippen LogP contribution in [0.5, 0.6) is 0 Å². The predicted molar refractivity (Wildman–Crippen MR) is 174 cm³/mol. The van der Waals surface area contributed by atoms with Gasteiger partial charge in [0.15, 0.2) is 0 Å². The minimum absolute atomic E-state index is 0.0328. The monoisotopic (exact) mass is 572 g/mol. The van der Waals surface area contributed by atoms with Crippen LogP contribution in [0.3, 0.4) is 0 Å². The summed E-state index contributed by atoms with van der Waals surface area (Å²) in [5.41, 5.74) is 0.485. The highest BCUT2D eigenvalue weighted by molar-refractivity contribution is 6.03. The summed E-state index contributed by atoms with van der Waals surface area (Å²) in [7, 11) is 0. The highest BCUT2D eigenvalue weighted by Crippen LogP contribution is 2.43. The number of hydrogen-bond acceptors (Lipinski definition) is 2. The molecule has 0 unspecified atom stereocenters. The van der Waals surface area contributed by atoms with Crippen LogP contribution in [0, 0.1) is 0 Å². The Bertz CT molecular complexity index is 797. The molecule has 0 saturated carbocycles. The van der Waals surface area contributed by atoms with Gasteiger partial charge < -0.3 is 10.2 Å². The van der Waals surface area contributed by atoms with Gasteiger partial charge in [0.1, 0.15) is 0 Å². The lowest BCUT2D eigenvalue weighted by atomic mass is 9.67. The van der Waals surface area contributed by atoms with Crippen molar-refractivity contribution >= 4 is 11.9 Å². The van der Waals surface area contributed by atoms with Crippen molar-refractivity contribution in [3.8, 4) is 0 Å². The van der Waals surface area contributed by atoms with Gasteiger partial charge in [0, 0.05) is 0 Å². The number of unbranched alkanes of at least 4 members (excludes halogenated alkanes) is 19. The van der Waals surface area contributed by atoms with E-state index < -0.39 is 11.9 Å². The topological polar surface area (TPSA) is 74.6 Å². The molecule has 236 valence electrons. The molecule has 0 aliphatic rings. The second-order valence-electron chi connectivity index (χ2n) is 12.6. The zero-order chi connectivity index (χ0) is 30.2. The number of aromatic carboxylic acids is 2. The molecule has 0 bridgehead atoms. The average Bonchev–Trinajstić information content (AvgIpc) is 2.96. The van der Waals surface area contributed by atoms with E-state index in [9.17, 15) is 19.8 Å². The summed E-state index contributed by atoms with van der Waals surface area (Å²) in [5.74, 6) is -2.24. The van der Waals surface area contributed by atoms with Gasteiger partial charge in [0.05, 0.1) is 11.1 Å². The second-order valence-corrected chi connectivity index (χ2v) is 12.6. The SMILES string of the molecule is CCCCCCCCCCC(CCCCCCCCC)(CCCCCCCCC)c1cccc(C(=O)O)c1C(=O)O. The maximum Gasteiger partial charge on any atom is 0.336 e. The van der Waals surface area contributed by atoms with Gasteiger partial charge in [0.2, 0.25) is 0 Å². The highest BCUT2D eigenvalue weighted by Gasteiger charge is 2.36. The standard InChI is InChI=1S/C37H64O4/c1-4-7-10-13-16-19-22-25-31-37(29-23-20-17-14-11-8-5-2,30-24-21-18-15-12-9-6-3)33-28-26-27-32(35(38)39)34(33)36(40)41/h26-28H,4-25,29-31H2,1-3H3,(H,38,39)(H,40,41). The summed E-state index contributed by atoms with van der Waals surface area (Å²) < 4.78 is 0. The van der Waals surface area contributed by atoms with Gasteiger partial charge in [-0.1, -0.05) is 174 Å². The van der Waals surface area contributed by atoms with Crippen molar-refractivity contribution in [3.05, 3.63) is 34.9 Å². The summed E-state index contributed by atoms with van der Waals surface area (Å²) in [4.78, 5) is 24.7. The van der Waals surface area contributed by atoms with E-state index in [-0.39, 0.29) is 16.5 Å². The van der Waals surface area contributed by atoms with Crippen LogP contribution in [0.15, 0.2) is 18.2 Å². The third kappa shape index (κ3) is 15.3. The Balaban J connectivity index is 3.16. The molecule has 2 N–H and O–H groups in total. The molecule has 4 heteroatoms. The van der Waals surface area contributed by atoms with Crippen molar-refractivity contribution in [1.29, 1.82) is 0 Å². The maximum absolute atomic E-state index is 12.6. The predicted octanol–water partition coefficient (Wildman–Crippen LogP) is 12.1. The second kappa shape index (κ2) is 23.7. The number of rotatable bonds is 28. The number of carboxylic acids is 2. The number of carbonyl (C=O) groups is 2. The Kier molecular flexibility index (Phi) is 21.5. The first-order valence-electron chi connectivity index (χ1n) is 17.5. The van der Waals surface area contributed by atoms with Crippen LogP contribution in [-0.4, -0.2) is 22.2 Å². The fourth-order valence-electron chi connectivity index (χ4n) is 6.62. The molecular formula is C37H64O4. The third-order valence-corrected chi connectivity index (χ3v) is 9.11. The lowest BCUT2D eigenvalue weighted by Crippen LogP contribution is -2.30. The molecule has 0 amide bonds. The van der Waals surface area contributed by atoms with Gasteiger partial charge in [0.25, 0.3) is 0 Å². The van der Waals surface area contributed by atoms with Gasteiger partial charge in [-0.2, -0.15) is 0 Å². The van der Waals surface area contributed by atoms with Crippen LogP contribution < -0.4 is 0 Å². The van der Waals surface area contributed by atoms with Gasteiger partial charge >= 0.3 is 11.9 Å². The van der Waals surface area contributed by atoms with Gasteiger partial charge in [-0.15, -0.1) is 0 Å². The van der Waals surface area contributed by atoms with E-state index in [0.717, 1.165) is 44.1 Å². The molecule has 1 aromatic rings. The number of hydrogen-bond donors (Lipinski definition) is 2. The highest BCUT2D eigenvalue weighted by atomic mass is 16.4. The van der Waals surface area contributed by atoms with Crippen LogP contribution in [0.25, 0.3) is 0 Å². The fraction of sp³-hybridized carbons (Fsp3) is 0.784. The van der Waals surface area contributed by atoms with Crippen molar-refractivity contribution < 1.29 is 19.8 Å². The van der Waals surface area contributed by atoms with E-state index in [2.05, 4.69) is 20.8 Å². The van der Waals surface area contributed by atoms with Crippen molar-refractivity contribution in [2.24, 2.45) is 0 Å². The Morgan fingerprint density at radius 3 is 1.17 bits per heavy atom. The largest absolute Gasteiger partial charge is 0.478 e. The lowest BCUT2D eigenvalue weighted by Gasteiger charge is -2.37. The smallest absolute Gasteiger partial charge is 0.336 e. The Hall–Kier alpha value is -1.84. The molecule has 0 saturated heterocycles. The Labute approximate surface area is 253 Å². The molecule has 0 radical (unpaired) electrons. The van der Waals surface area contributed by atoms with Crippen LogP contribution >= 0.6 is 0 Å². The summed E-state index contributed by atoms with van der Waals surface area (Å²) in [6, 6.07) is 5.20. The zero-order valence-corrected chi connectivity index (χ0v) is 27.1. The molecular weight excluding hydrogens is 508 g/mol. The molecule has 1 aromatic carbocycles. The van der Waals surface area contributed by atoms with Crippen molar-refractivity contribution in [2.75, 3.05) is 0 Å². The van der Waals surface area contributed by atoms with Crippen LogP contribution in [0.1, 0.15) is 208 Å². The fourth-order valence-corrected chi connectivity index (χ4v) is 6.62. The summed E-state index contributed by atoms with van der Waals surface area (Å²) in [6.07, 6.45) is 30.0. The first-order valence-corrected chi connectivity index (χ1v) is 17.5. The van der Waals surface area contributed by atoms with Crippen molar-refractivity contribution in [3.63, 3.8) is 0 Å². The van der Waals surface area contributed by atoms with E-state index in [1.54, 1.807) is 6.07 Å². The van der Waals surface area contributed by atoms with E-state index in [0.29, 0.717) is 0 Å². The molecule has 0 aromatic heterocycles.